The van der Waals surface area contributed by atoms with Gasteiger partial charge >= 0.3 is 5.97 Å². The average molecular weight is 382 g/mol. The minimum absolute atomic E-state index is 0.122. The number of halogens is 3. The second-order valence-electron chi connectivity index (χ2n) is 4.14. The Bertz CT molecular complexity index is 699. The summed E-state index contributed by atoms with van der Waals surface area (Å²) in [5.74, 6) is 0.138. The van der Waals surface area contributed by atoms with Gasteiger partial charge in [0.15, 0.2) is 18.1 Å². The summed E-state index contributed by atoms with van der Waals surface area (Å²) in [7, 11) is 2.73. The van der Waals surface area contributed by atoms with Gasteiger partial charge in [0.25, 0.3) is 9.68 Å². The fourth-order valence-electron chi connectivity index (χ4n) is 1.57. The van der Waals surface area contributed by atoms with E-state index in [2.05, 4.69) is 14.9 Å². The molecule has 0 atom stereocenters. The molecule has 0 N–H and O–H groups in total. The first-order chi connectivity index (χ1) is 10.8. The molecule has 0 unspecified atom stereocenters. The van der Waals surface area contributed by atoms with Gasteiger partial charge in [0.1, 0.15) is 0 Å². The molecule has 2 aromatic rings. The highest BCUT2D eigenvalue weighted by atomic mass is 35.6. The van der Waals surface area contributed by atoms with Crippen molar-refractivity contribution in [2.75, 3.05) is 20.8 Å². The summed E-state index contributed by atoms with van der Waals surface area (Å²) in [5.41, 5.74) is 0.499. The van der Waals surface area contributed by atoms with E-state index in [0.717, 1.165) is 0 Å². The lowest BCUT2D eigenvalue weighted by Gasteiger charge is -2.10. The topological polar surface area (TPSA) is 83.7 Å². The smallest absolute Gasteiger partial charge is 0.343 e. The molecule has 1 aromatic carbocycles. The van der Waals surface area contributed by atoms with Crippen LogP contribution in [-0.2, 0) is 13.3 Å². The monoisotopic (exact) mass is 380 g/mol. The van der Waals surface area contributed by atoms with Crippen molar-refractivity contribution in [3.05, 3.63) is 24.1 Å². The highest BCUT2D eigenvalue weighted by Gasteiger charge is 2.30. The highest BCUT2D eigenvalue weighted by Crippen LogP contribution is 2.39. The fraction of sp³-hybridized carbons (Fsp3) is 0.308. The van der Waals surface area contributed by atoms with E-state index >= 15 is 0 Å². The second-order valence-corrected chi connectivity index (χ2v) is 6.42. The van der Waals surface area contributed by atoms with Crippen molar-refractivity contribution in [1.82, 2.24) is 10.2 Å². The van der Waals surface area contributed by atoms with Crippen LogP contribution >= 0.6 is 34.8 Å². The zero-order chi connectivity index (χ0) is 17.0. The molecule has 7 nitrogen and oxygen atoms in total. The minimum atomic E-state index is -1.82. The number of rotatable bonds is 5. The first-order valence-electron chi connectivity index (χ1n) is 6.14. The van der Waals surface area contributed by atoms with Crippen molar-refractivity contribution in [3.8, 4) is 23.0 Å². The first-order valence-corrected chi connectivity index (χ1v) is 7.27. The van der Waals surface area contributed by atoms with Crippen LogP contribution in [0.4, 0.5) is 0 Å². The number of esters is 1. The third kappa shape index (κ3) is 4.40. The second kappa shape index (κ2) is 7.25. The van der Waals surface area contributed by atoms with E-state index in [9.17, 15) is 4.79 Å². The van der Waals surface area contributed by atoms with Crippen molar-refractivity contribution in [2.24, 2.45) is 0 Å². The van der Waals surface area contributed by atoms with Crippen LogP contribution in [0.15, 0.2) is 22.6 Å². The van der Waals surface area contributed by atoms with Crippen molar-refractivity contribution in [1.29, 1.82) is 0 Å². The number of hydrogen-bond acceptors (Lipinski definition) is 7. The minimum Gasteiger partial charge on any atom is -0.493 e. The zero-order valence-corrected chi connectivity index (χ0v) is 14.3. The van der Waals surface area contributed by atoms with Gasteiger partial charge in [0, 0.05) is 5.56 Å². The lowest BCUT2D eigenvalue weighted by atomic mass is 10.2. The Morgan fingerprint density at radius 2 is 1.96 bits per heavy atom. The molecule has 0 saturated heterocycles. The average Bonchev–Trinajstić information content (AvgIpc) is 3.02. The summed E-state index contributed by atoms with van der Waals surface area (Å²) >= 11 is 17.0. The quantitative estimate of drug-likeness (QED) is 0.581. The Hall–Kier alpha value is -1.70. The van der Waals surface area contributed by atoms with Crippen LogP contribution in [0.5, 0.6) is 11.5 Å². The van der Waals surface area contributed by atoms with Crippen LogP contribution in [-0.4, -0.2) is 37.0 Å². The van der Waals surface area contributed by atoms with E-state index in [1.165, 1.54) is 14.2 Å². The molecule has 0 radical (unpaired) electrons. The van der Waals surface area contributed by atoms with Gasteiger partial charge in [-0.05, 0) is 18.2 Å². The number of carbonyl (C=O) groups is 1. The number of methoxy groups -OCH3 is 2. The summed E-state index contributed by atoms with van der Waals surface area (Å²) in [5, 5.41) is 7.47. The summed E-state index contributed by atoms with van der Waals surface area (Å²) in [6.45, 7) is -0.278. The highest BCUT2D eigenvalue weighted by molar-refractivity contribution is 6.66. The Morgan fingerprint density at radius 3 is 2.52 bits per heavy atom. The van der Waals surface area contributed by atoms with Crippen LogP contribution in [0.2, 0.25) is 0 Å². The summed E-state index contributed by atoms with van der Waals surface area (Å²) < 4.78 is 18.5. The molecule has 1 heterocycles. The van der Waals surface area contributed by atoms with E-state index in [1.807, 2.05) is 0 Å². The molecule has 0 aliphatic heterocycles. The number of benzene rings is 1. The van der Waals surface area contributed by atoms with Gasteiger partial charge in [0.2, 0.25) is 5.89 Å². The summed E-state index contributed by atoms with van der Waals surface area (Å²) in [6, 6.07) is 4.82. The van der Waals surface area contributed by atoms with Crippen molar-refractivity contribution in [3.63, 3.8) is 0 Å². The molecular formula is C13H11Cl3N2O5. The number of nitrogens with zero attached hydrogens (tertiary/aromatic N) is 2. The maximum Gasteiger partial charge on any atom is 0.343 e. The predicted octanol–water partition coefficient (Wildman–Crippen LogP) is 3.12. The zero-order valence-electron chi connectivity index (χ0n) is 12.0. The third-order valence-corrected chi connectivity index (χ3v) is 3.14. The lowest BCUT2D eigenvalue weighted by Crippen LogP contribution is -2.13. The van der Waals surface area contributed by atoms with Crippen LogP contribution in [0.25, 0.3) is 11.5 Å². The van der Waals surface area contributed by atoms with Gasteiger partial charge in [-0.2, -0.15) is 0 Å². The molecule has 0 spiro atoms. The molecule has 0 aliphatic rings. The number of aromatic nitrogens is 2. The van der Waals surface area contributed by atoms with Crippen LogP contribution in [0, 0.1) is 0 Å². The number of ether oxygens (including phenoxy) is 3. The van der Waals surface area contributed by atoms with Gasteiger partial charge in [-0.3, -0.25) is 0 Å². The number of hydrogen-bond donors (Lipinski definition) is 0. The first kappa shape index (κ1) is 17.7. The molecule has 0 fully saturated rings. The SMILES string of the molecule is COC(=O)COc1cc(-c2nnc(C(Cl)(Cl)Cl)o2)ccc1OC. The van der Waals surface area contributed by atoms with E-state index in [0.29, 0.717) is 17.1 Å². The maximum absolute atomic E-state index is 11.2. The van der Waals surface area contributed by atoms with Crippen molar-refractivity contribution in [2.45, 2.75) is 3.79 Å². The van der Waals surface area contributed by atoms with Crippen LogP contribution in [0.3, 0.4) is 0 Å². The number of alkyl halides is 3. The predicted molar refractivity (Wildman–Crippen MR) is 83.0 cm³/mol. The molecule has 2 rings (SSSR count). The molecule has 124 valence electrons. The van der Waals surface area contributed by atoms with Gasteiger partial charge in [-0.25, -0.2) is 4.79 Å². The normalized spacial score (nSPS) is 11.2. The number of carbonyl (C=O) groups excluding carboxylic acids is 1. The molecule has 10 heteroatoms. The Balaban J connectivity index is 2.29. The molecule has 0 aliphatic carbocycles. The van der Waals surface area contributed by atoms with Crippen molar-refractivity contribution < 1.29 is 23.4 Å². The van der Waals surface area contributed by atoms with Gasteiger partial charge < -0.3 is 18.6 Å². The van der Waals surface area contributed by atoms with E-state index in [-0.39, 0.29) is 18.4 Å². The Labute approximate surface area is 146 Å². The molecule has 0 bridgehead atoms. The molecule has 0 amide bonds. The largest absolute Gasteiger partial charge is 0.493 e. The lowest BCUT2D eigenvalue weighted by molar-refractivity contribution is -0.142. The van der Waals surface area contributed by atoms with Gasteiger partial charge in [-0.15, -0.1) is 10.2 Å². The standard InChI is InChI=1S/C13H11Cl3N2O5/c1-20-8-4-3-7(5-9(8)22-6-10(19)21-2)11-17-18-12(23-11)13(14,15)16/h3-5H,6H2,1-2H3. The molecule has 1 aromatic heterocycles. The van der Waals surface area contributed by atoms with E-state index < -0.39 is 9.76 Å². The van der Waals surface area contributed by atoms with Crippen molar-refractivity contribution >= 4 is 40.8 Å². The maximum atomic E-state index is 11.2. The fourth-order valence-corrected chi connectivity index (χ4v) is 1.80. The molecule has 23 heavy (non-hydrogen) atoms. The van der Waals surface area contributed by atoms with E-state index in [4.69, 9.17) is 48.7 Å². The molecule has 0 saturated carbocycles. The molecular weight excluding hydrogens is 371 g/mol. The van der Waals surface area contributed by atoms with Crippen LogP contribution in [0.1, 0.15) is 5.89 Å². The van der Waals surface area contributed by atoms with Crippen LogP contribution < -0.4 is 9.47 Å². The van der Waals surface area contributed by atoms with Gasteiger partial charge in [-0.1, -0.05) is 34.8 Å². The Kier molecular flexibility index (Phi) is 5.56. The Morgan fingerprint density at radius 1 is 1.22 bits per heavy atom. The van der Waals surface area contributed by atoms with E-state index in [1.54, 1.807) is 18.2 Å². The third-order valence-electron chi connectivity index (χ3n) is 2.65. The summed E-state index contributed by atoms with van der Waals surface area (Å²) in [4.78, 5) is 11.2. The summed E-state index contributed by atoms with van der Waals surface area (Å²) in [6.07, 6.45) is 0. The van der Waals surface area contributed by atoms with Gasteiger partial charge in [0.05, 0.1) is 14.2 Å².